The zero-order chi connectivity index (χ0) is 13.8. The highest BCUT2D eigenvalue weighted by Crippen LogP contribution is 2.31. The van der Waals surface area contributed by atoms with E-state index in [0.717, 1.165) is 14.3 Å². The zero-order valence-electron chi connectivity index (χ0n) is 9.68. The van der Waals surface area contributed by atoms with Crippen LogP contribution in [0.5, 0.6) is 0 Å². The Kier molecular flexibility index (Phi) is 4.74. The van der Waals surface area contributed by atoms with Gasteiger partial charge in [0.1, 0.15) is 0 Å². The molecule has 0 aliphatic heterocycles. The molecule has 3 N–H and O–H groups in total. The van der Waals surface area contributed by atoms with Gasteiger partial charge in [0, 0.05) is 24.8 Å². The number of hydrogen-bond acceptors (Lipinski definition) is 3. The Balaban J connectivity index is 2.23. The molecule has 19 heavy (non-hydrogen) atoms. The summed E-state index contributed by atoms with van der Waals surface area (Å²) >= 11 is 10.9. The summed E-state index contributed by atoms with van der Waals surface area (Å²) in [6.07, 6.45) is 0. The molecule has 0 aliphatic carbocycles. The second-order valence-electron chi connectivity index (χ2n) is 3.68. The smallest absolute Gasteiger partial charge is 0.171 e. The van der Waals surface area contributed by atoms with Crippen LogP contribution in [-0.4, -0.2) is 11.0 Å². The normalized spacial score (nSPS) is 11.6. The van der Waals surface area contributed by atoms with Crippen molar-refractivity contribution < 1.29 is 5.21 Å². The molecule has 0 saturated heterocycles. The van der Waals surface area contributed by atoms with Gasteiger partial charge in [0.15, 0.2) is 5.84 Å². The summed E-state index contributed by atoms with van der Waals surface area (Å²) in [4.78, 5) is 2.14. The van der Waals surface area contributed by atoms with E-state index in [1.165, 1.54) is 0 Å². The van der Waals surface area contributed by atoms with E-state index in [4.69, 9.17) is 22.5 Å². The molecule has 0 atom stereocenters. The lowest BCUT2D eigenvalue weighted by atomic mass is 10.2. The van der Waals surface area contributed by atoms with Gasteiger partial charge >= 0.3 is 0 Å². The Morgan fingerprint density at radius 3 is 2.37 bits per heavy atom. The first kappa shape index (κ1) is 14.2. The largest absolute Gasteiger partial charge is 0.409 e. The molecule has 0 aromatic heterocycles. The quantitative estimate of drug-likeness (QED) is 0.371. The average molecular weight is 358 g/mol. The molecule has 6 heteroatoms. The van der Waals surface area contributed by atoms with Crippen molar-refractivity contribution in [3.63, 3.8) is 0 Å². The van der Waals surface area contributed by atoms with Gasteiger partial charge in [0.2, 0.25) is 0 Å². The summed E-state index contributed by atoms with van der Waals surface area (Å²) in [6, 6.07) is 13.3. The van der Waals surface area contributed by atoms with Crippen LogP contribution in [0.25, 0.3) is 0 Å². The van der Waals surface area contributed by atoms with E-state index in [2.05, 4.69) is 21.1 Å². The van der Waals surface area contributed by atoms with Crippen LogP contribution < -0.4 is 5.73 Å². The number of nitrogens with zero attached hydrogens (tertiary/aromatic N) is 1. The number of oxime groups is 1. The monoisotopic (exact) mass is 356 g/mol. The minimum atomic E-state index is 0.0786. The van der Waals surface area contributed by atoms with Crippen LogP contribution in [0, 0.1) is 0 Å². The molecule has 0 saturated carbocycles. The van der Waals surface area contributed by atoms with Crippen LogP contribution in [0.2, 0.25) is 5.02 Å². The zero-order valence-corrected chi connectivity index (χ0v) is 12.8. The van der Waals surface area contributed by atoms with Gasteiger partial charge < -0.3 is 10.9 Å². The van der Waals surface area contributed by atoms with Crippen LogP contribution in [0.1, 0.15) is 5.56 Å². The second-order valence-corrected chi connectivity index (χ2v) is 6.12. The van der Waals surface area contributed by atoms with Gasteiger partial charge in [-0.3, -0.25) is 0 Å². The average Bonchev–Trinajstić information content (AvgIpc) is 2.41. The SMILES string of the molecule is N/C(=N/O)c1ccc(Sc2ccc(Cl)cc2)cc1Br. The van der Waals surface area contributed by atoms with Gasteiger partial charge in [-0.25, -0.2) is 0 Å². The molecular weight excluding hydrogens is 348 g/mol. The highest BCUT2D eigenvalue weighted by atomic mass is 79.9. The van der Waals surface area contributed by atoms with E-state index in [1.54, 1.807) is 17.8 Å². The predicted octanol–water partition coefficient (Wildman–Crippen LogP) is 4.35. The first-order valence-electron chi connectivity index (χ1n) is 5.31. The first-order chi connectivity index (χ1) is 9.10. The van der Waals surface area contributed by atoms with E-state index >= 15 is 0 Å². The standard InChI is InChI=1S/C13H10BrClN2OS/c14-12-7-10(5-6-11(12)13(16)17-18)19-9-3-1-8(15)2-4-9/h1-7,18H,(H2,16,17). The first-order valence-corrected chi connectivity index (χ1v) is 7.30. The maximum Gasteiger partial charge on any atom is 0.171 e. The fourth-order valence-corrected chi connectivity index (χ4v) is 3.18. The fourth-order valence-electron chi connectivity index (χ4n) is 1.46. The molecule has 0 bridgehead atoms. The molecular formula is C13H10BrClN2OS. The Labute approximate surface area is 128 Å². The molecule has 0 amide bonds. The molecule has 0 unspecified atom stereocenters. The van der Waals surface area contributed by atoms with Crippen molar-refractivity contribution >= 4 is 45.1 Å². The Morgan fingerprint density at radius 1 is 1.16 bits per heavy atom. The third kappa shape index (κ3) is 3.65. The summed E-state index contributed by atoms with van der Waals surface area (Å²) in [5, 5.41) is 12.4. The maximum absolute atomic E-state index is 8.67. The molecule has 98 valence electrons. The molecule has 0 aliphatic rings. The lowest BCUT2D eigenvalue weighted by Crippen LogP contribution is -2.13. The highest BCUT2D eigenvalue weighted by Gasteiger charge is 2.06. The minimum absolute atomic E-state index is 0.0786. The van der Waals surface area contributed by atoms with E-state index in [1.807, 2.05) is 36.4 Å². The van der Waals surface area contributed by atoms with Crippen LogP contribution in [0.15, 0.2) is 61.9 Å². The minimum Gasteiger partial charge on any atom is -0.409 e. The lowest BCUT2D eigenvalue weighted by Gasteiger charge is -2.06. The molecule has 2 aromatic carbocycles. The van der Waals surface area contributed by atoms with Crippen molar-refractivity contribution in [3.05, 3.63) is 57.5 Å². The number of halogens is 2. The summed E-state index contributed by atoms with van der Waals surface area (Å²) < 4.78 is 0.779. The van der Waals surface area contributed by atoms with Crippen molar-refractivity contribution in [2.75, 3.05) is 0 Å². The van der Waals surface area contributed by atoms with E-state index in [0.29, 0.717) is 10.6 Å². The summed E-state index contributed by atoms with van der Waals surface area (Å²) in [5.41, 5.74) is 6.22. The highest BCUT2D eigenvalue weighted by molar-refractivity contribution is 9.10. The third-order valence-corrected chi connectivity index (χ3v) is 4.28. The Morgan fingerprint density at radius 2 is 1.79 bits per heavy atom. The second kappa shape index (κ2) is 6.32. The van der Waals surface area contributed by atoms with Crippen LogP contribution >= 0.6 is 39.3 Å². The molecule has 2 aromatic rings. The van der Waals surface area contributed by atoms with Crippen molar-refractivity contribution in [1.82, 2.24) is 0 Å². The topological polar surface area (TPSA) is 58.6 Å². The Bertz CT molecular complexity index is 617. The van der Waals surface area contributed by atoms with Crippen molar-refractivity contribution in [2.24, 2.45) is 10.9 Å². The third-order valence-electron chi connectivity index (χ3n) is 2.37. The maximum atomic E-state index is 8.67. The Hall–Kier alpha value is -1.17. The number of hydrogen-bond donors (Lipinski definition) is 2. The van der Waals surface area contributed by atoms with Gasteiger partial charge in [-0.05, 0) is 58.4 Å². The summed E-state index contributed by atoms with van der Waals surface area (Å²) in [6.45, 7) is 0. The molecule has 2 rings (SSSR count). The van der Waals surface area contributed by atoms with E-state index in [-0.39, 0.29) is 5.84 Å². The summed E-state index contributed by atoms with van der Waals surface area (Å²) in [7, 11) is 0. The van der Waals surface area contributed by atoms with Crippen molar-refractivity contribution in [2.45, 2.75) is 9.79 Å². The van der Waals surface area contributed by atoms with Crippen LogP contribution in [0.3, 0.4) is 0 Å². The number of benzene rings is 2. The number of nitrogens with two attached hydrogens (primary N) is 1. The van der Waals surface area contributed by atoms with E-state index < -0.39 is 0 Å². The van der Waals surface area contributed by atoms with Crippen LogP contribution in [0.4, 0.5) is 0 Å². The summed E-state index contributed by atoms with van der Waals surface area (Å²) in [5.74, 6) is 0.0786. The van der Waals surface area contributed by atoms with Crippen LogP contribution in [-0.2, 0) is 0 Å². The fraction of sp³-hybridized carbons (Fsp3) is 0. The van der Waals surface area contributed by atoms with Gasteiger partial charge in [0.05, 0.1) is 0 Å². The lowest BCUT2D eigenvalue weighted by molar-refractivity contribution is 0.318. The molecule has 0 spiro atoms. The van der Waals surface area contributed by atoms with Gasteiger partial charge in [-0.15, -0.1) is 0 Å². The van der Waals surface area contributed by atoms with Crippen molar-refractivity contribution in [1.29, 1.82) is 0 Å². The van der Waals surface area contributed by atoms with E-state index in [9.17, 15) is 0 Å². The number of amidine groups is 1. The number of rotatable bonds is 3. The van der Waals surface area contributed by atoms with Gasteiger partial charge in [0.25, 0.3) is 0 Å². The van der Waals surface area contributed by atoms with Gasteiger partial charge in [-0.2, -0.15) is 0 Å². The molecule has 0 fully saturated rings. The van der Waals surface area contributed by atoms with Crippen molar-refractivity contribution in [3.8, 4) is 0 Å². The molecule has 0 radical (unpaired) electrons. The van der Waals surface area contributed by atoms with Gasteiger partial charge in [-0.1, -0.05) is 28.5 Å². The molecule has 0 heterocycles. The predicted molar refractivity (Wildman–Crippen MR) is 82.2 cm³/mol. The molecule has 3 nitrogen and oxygen atoms in total.